The molecule has 1 saturated carbocycles. The Morgan fingerprint density at radius 3 is 2.46 bits per heavy atom. The van der Waals surface area contributed by atoms with Crippen molar-refractivity contribution in [3.8, 4) is 0 Å². The molecule has 0 saturated heterocycles. The molecule has 2 atom stereocenters. The zero-order valence-electron chi connectivity index (χ0n) is 15.1. The number of aliphatic hydroxyl groups excluding tert-OH is 1. The minimum Gasteiger partial charge on any atom is -0.507 e. The van der Waals surface area contributed by atoms with Gasteiger partial charge in [0.1, 0.15) is 11.4 Å². The van der Waals surface area contributed by atoms with Gasteiger partial charge in [-0.25, -0.2) is 0 Å². The first kappa shape index (κ1) is 17.0. The summed E-state index contributed by atoms with van der Waals surface area (Å²) in [7, 11) is 0. The monoisotopic (exact) mass is 330 g/mol. The standard InChI is InChI=1S/C20H26O4/c1-11(2)14-15(21)12-7-8-13-19(3,4)9-6-10-20(13,5)24-18(12)17(23)16(14)22/h7-8,11,13,21H,6,9-10H2,1-5H3/t13-,20-/m0/s1. The van der Waals surface area contributed by atoms with Crippen LogP contribution in [0.4, 0.5) is 0 Å². The number of allylic oxidation sites excluding steroid dienone is 3. The fourth-order valence-corrected chi connectivity index (χ4v) is 4.54. The summed E-state index contributed by atoms with van der Waals surface area (Å²) in [4.78, 5) is 25.1. The van der Waals surface area contributed by atoms with Crippen LogP contribution in [0.25, 0.3) is 0 Å². The topological polar surface area (TPSA) is 63.6 Å². The quantitative estimate of drug-likeness (QED) is 0.582. The van der Waals surface area contributed by atoms with Crippen molar-refractivity contribution in [2.75, 3.05) is 0 Å². The van der Waals surface area contributed by atoms with Crippen LogP contribution in [0.1, 0.15) is 53.9 Å². The van der Waals surface area contributed by atoms with Gasteiger partial charge in [-0.1, -0.05) is 39.8 Å². The van der Waals surface area contributed by atoms with Gasteiger partial charge in [-0.15, -0.1) is 0 Å². The highest BCUT2D eigenvalue weighted by molar-refractivity contribution is 6.50. The van der Waals surface area contributed by atoms with Gasteiger partial charge in [0.2, 0.25) is 5.78 Å². The number of ether oxygens (including phenoxy) is 1. The predicted octanol–water partition coefficient (Wildman–Crippen LogP) is 4.03. The van der Waals surface area contributed by atoms with Crippen molar-refractivity contribution in [1.82, 2.24) is 0 Å². The van der Waals surface area contributed by atoms with Crippen molar-refractivity contribution in [2.45, 2.75) is 59.5 Å². The molecule has 0 bridgehead atoms. The van der Waals surface area contributed by atoms with Crippen molar-refractivity contribution >= 4 is 11.6 Å². The molecule has 0 aromatic heterocycles. The second kappa shape index (κ2) is 5.33. The maximum atomic E-state index is 12.6. The van der Waals surface area contributed by atoms with Gasteiger partial charge in [0.25, 0.3) is 5.78 Å². The Kier molecular flexibility index (Phi) is 3.78. The largest absolute Gasteiger partial charge is 0.507 e. The molecule has 130 valence electrons. The highest BCUT2D eigenvalue weighted by Crippen LogP contribution is 2.51. The van der Waals surface area contributed by atoms with E-state index in [0.29, 0.717) is 5.57 Å². The SMILES string of the molecule is CC(C)C1=C(O)C2=C(O[C@@]3(C)CCCC(C)(C)[C@@H]3C=C2)C(=O)C1=O. The number of Topliss-reactive ketones (excluding diaryl/α,β-unsaturated/α-hetero) is 2. The molecule has 3 rings (SSSR count). The average molecular weight is 330 g/mol. The number of rotatable bonds is 1. The summed E-state index contributed by atoms with van der Waals surface area (Å²) in [5, 5.41) is 10.6. The van der Waals surface area contributed by atoms with E-state index in [9.17, 15) is 14.7 Å². The summed E-state index contributed by atoms with van der Waals surface area (Å²) >= 11 is 0. The molecule has 0 radical (unpaired) electrons. The van der Waals surface area contributed by atoms with E-state index in [1.165, 1.54) is 0 Å². The van der Waals surface area contributed by atoms with Crippen LogP contribution in [0, 0.1) is 17.3 Å². The van der Waals surface area contributed by atoms with Crippen LogP contribution in [-0.4, -0.2) is 22.3 Å². The van der Waals surface area contributed by atoms with E-state index >= 15 is 0 Å². The number of fused-ring (bicyclic) bond motifs is 1. The molecule has 1 N–H and O–H groups in total. The van der Waals surface area contributed by atoms with Gasteiger partial charge in [0, 0.05) is 11.5 Å². The minimum absolute atomic E-state index is 0.0147. The number of aliphatic hydroxyl groups is 1. The number of carbonyl (C=O) groups excluding carboxylic acids is 2. The third-order valence-electron chi connectivity index (χ3n) is 5.77. The summed E-state index contributed by atoms with van der Waals surface area (Å²) in [5.41, 5.74) is 0.0303. The Balaban J connectivity index is 2.15. The molecular formula is C20H26O4. The molecule has 0 amide bonds. The molecule has 1 aliphatic heterocycles. The summed E-state index contributed by atoms with van der Waals surface area (Å²) in [6.07, 6.45) is 6.75. The smallest absolute Gasteiger partial charge is 0.268 e. The van der Waals surface area contributed by atoms with Gasteiger partial charge >= 0.3 is 0 Å². The fraction of sp³-hybridized carbons (Fsp3) is 0.600. The second-order valence-electron chi connectivity index (χ2n) is 8.41. The third kappa shape index (κ3) is 2.35. The van der Waals surface area contributed by atoms with E-state index in [1.807, 2.05) is 6.92 Å². The Labute approximate surface area is 143 Å². The number of carbonyl (C=O) groups is 2. The van der Waals surface area contributed by atoms with Gasteiger partial charge in [-0.3, -0.25) is 9.59 Å². The van der Waals surface area contributed by atoms with Crippen molar-refractivity contribution in [1.29, 1.82) is 0 Å². The van der Waals surface area contributed by atoms with Gasteiger partial charge in [-0.05, 0) is 37.5 Å². The van der Waals surface area contributed by atoms with Crippen LogP contribution in [0.5, 0.6) is 0 Å². The lowest BCUT2D eigenvalue weighted by atomic mass is 9.62. The third-order valence-corrected chi connectivity index (χ3v) is 5.77. The van der Waals surface area contributed by atoms with Gasteiger partial charge in [0.05, 0.1) is 5.57 Å². The Morgan fingerprint density at radius 1 is 1.17 bits per heavy atom. The molecule has 1 fully saturated rings. The predicted molar refractivity (Wildman–Crippen MR) is 91.3 cm³/mol. The summed E-state index contributed by atoms with van der Waals surface area (Å²) in [5.74, 6) is -1.49. The van der Waals surface area contributed by atoms with Crippen LogP contribution in [0.2, 0.25) is 0 Å². The molecule has 0 unspecified atom stereocenters. The summed E-state index contributed by atoms with van der Waals surface area (Å²) in [6, 6.07) is 0. The maximum Gasteiger partial charge on any atom is 0.268 e. The molecule has 0 spiro atoms. The molecular weight excluding hydrogens is 304 g/mol. The van der Waals surface area contributed by atoms with E-state index in [0.717, 1.165) is 19.3 Å². The molecule has 0 aromatic carbocycles. The van der Waals surface area contributed by atoms with E-state index < -0.39 is 17.2 Å². The molecule has 1 heterocycles. The van der Waals surface area contributed by atoms with Crippen LogP contribution >= 0.6 is 0 Å². The Bertz CT molecular complexity index is 705. The first-order valence-corrected chi connectivity index (χ1v) is 8.72. The van der Waals surface area contributed by atoms with Crippen LogP contribution < -0.4 is 0 Å². The molecule has 4 nitrogen and oxygen atoms in total. The fourth-order valence-electron chi connectivity index (χ4n) is 4.54. The zero-order chi connectivity index (χ0) is 17.9. The number of ketones is 2. The van der Waals surface area contributed by atoms with Gasteiger partial charge in [-0.2, -0.15) is 0 Å². The summed E-state index contributed by atoms with van der Waals surface area (Å²) < 4.78 is 6.18. The lowest BCUT2D eigenvalue weighted by molar-refractivity contribution is -0.140. The molecule has 24 heavy (non-hydrogen) atoms. The van der Waals surface area contributed by atoms with Gasteiger partial charge in [0.15, 0.2) is 5.76 Å². The van der Waals surface area contributed by atoms with Crippen LogP contribution in [-0.2, 0) is 14.3 Å². The molecule has 0 aromatic rings. The van der Waals surface area contributed by atoms with Crippen molar-refractivity contribution in [3.05, 3.63) is 34.8 Å². The first-order valence-electron chi connectivity index (χ1n) is 8.72. The van der Waals surface area contributed by atoms with E-state index in [1.54, 1.807) is 19.9 Å². The van der Waals surface area contributed by atoms with Gasteiger partial charge < -0.3 is 9.84 Å². The molecule has 3 aliphatic rings. The Morgan fingerprint density at radius 2 is 1.83 bits per heavy atom. The first-order chi connectivity index (χ1) is 11.1. The Hall–Kier alpha value is -1.84. The van der Waals surface area contributed by atoms with E-state index in [2.05, 4.69) is 19.9 Å². The van der Waals surface area contributed by atoms with Crippen molar-refractivity contribution < 1.29 is 19.4 Å². The second-order valence-corrected chi connectivity index (χ2v) is 8.41. The molecule has 4 heteroatoms. The minimum atomic E-state index is -0.647. The maximum absolute atomic E-state index is 12.6. The number of hydrogen-bond acceptors (Lipinski definition) is 4. The van der Waals surface area contributed by atoms with E-state index in [4.69, 9.17) is 4.74 Å². The highest BCUT2D eigenvalue weighted by atomic mass is 16.5. The molecule has 2 aliphatic carbocycles. The van der Waals surface area contributed by atoms with Crippen molar-refractivity contribution in [2.24, 2.45) is 17.3 Å². The normalized spacial score (nSPS) is 32.5. The van der Waals surface area contributed by atoms with Crippen molar-refractivity contribution in [3.63, 3.8) is 0 Å². The van der Waals surface area contributed by atoms with Crippen LogP contribution in [0.15, 0.2) is 34.8 Å². The zero-order valence-corrected chi connectivity index (χ0v) is 15.1. The average Bonchev–Trinajstić information content (AvgIpc) is 2.62. The lowest BCUT2D eigenvalue weighted by Gasteiger charge is -2.48. The highest BCUT2D eigenvalue weighted by Gasteiger charge is 2.50. The summed E-state index contributed by atoms with van der Waals surface area (Å²) in [6.45, 7) is 10.0. The van der Waals surface area contributed by atoms with E-state index in [-0.39, 0.29) is 34.3 Å². The van der Waals surface area contributed by atoms with Crippen LogP contribution in [0.3, 0.4) is 0 Å². The lowest BCUT2D eigenvalue weighted by Crippen LogP contribution is -2.48. The number of hydrogen-bond donors (Lipinski definition) is 1.